The molecule has 0 aliphatic rings. The standard InChI is InChI=1S/3C29H31F6NO3S.CH4/c3*1-18(2)38-25-12-11-20(15-24(25)31)28(36-40(37)27(3,4)5,17-19-9-7-6-8-10-19)21-13-22(30)16-23(14-21)39-29(34,35)26(32)33;/h3*6-16,18,26,36H,17H2,1-5H3;1H4/t28?,40-;28-,40+;28-,40-;/m101./s1. The molecule has 121 heavy (non-hydrogen) atoms. The van der Waals surface area contributed by atoms with Crippen molar-refractivity contribution in [1.82, 2.24) is 14.2 Å². The zero-order chi connectivity index (χ0) is 89.6. The summed E-state index contributed by atoms with van der Waals surface area (Å²) in [6.07, 6.45) is -28.5. The summed E-state index contributed by atoms with van der Waals surface area (Å²) in [6.45, 7) is 25.3. The van der Waals surface area contributed by atoms with Gasteiger partial charge in [-0.1, -0.05) is 117 Å². The van der Waals surface area contributed by atoms with Crippen molar-refractivity contribution in [2.75, 3.05) is 0 Å². The second kappa shape index (κ2) is 41.4. The summed E-state index contributed by atoms with van der Waals surface area (Å²) in [5, 5.41) is 0. The van der Waals surface area contributed by atoms with Gasteiger partial charge in [0, 0.05) is 18.2 Å². The molecule has 662 valence electrons. The number of rotatable bonds is 33. The lowest BCUT2D eigenvalue weighted by molar-refractivity contribution is -0.253. The molecule has 9 aromatic carbocycles. The van der Waals surface area contributed by atoms with Gasteiger partial charge in [-0.3, -0.25) is 0 Å². The Morgan fingerprint density at radius 1 is 0.306 bits per heavy atom. The molecular formula is C88H97F18N3O9S3. The Morgan fingerprint density at radius 3 is 0.702 bits per heavy atom. The van der Waals surface area contributed by atoms with Crippen LogP contribution in [0.2, 0.25) is 0 Å². The number of alkyl halides is 12. The van der Waals surface area contributed by atoms with Gasteiger partial charge in [-0.15, -0.1) is 0 Å². The molecule has 9 aromatic rings. The Labute approximate surface area is 700 Å². The molecule has 0 aromatic heterocycles. The summed E-state index contributed by atoms with van der Waals surface area (Å²) in [7, 11) is -5.63. The summed E-state index contributed by atoms with van der Waals surface area (Å²) < 4.78 is 327. The Kier molecular flexibility index (Phi) is 34.4. The van der Waals surface area contributed by atoms with Crippen LogP contribution >= 0.6 is 0 Å². The van der Waals surface area contributed by atoms with E-state index in [0.717, 1.165) is 54.6 Å². The van der Waals surface area contributed by atoms with E-state index in [9.17, 15) is 78.5 Å². The van der Waals surface area contributed by atoms with Crippen LogP contribution in [-0.2, 0) is 68.8 Å². The highest BCUT2D eigenvalue weighted by atomic mass is 32.2. The lowest BCUT2D eigenvalue weighted by atomic mass is 9.78. The average molecular weight is 1780 g/mol. The van der Waals surface area contributed by atoms with Crippen LogP contribution in [0.3, 0.4) is 0 Å². The number of ether oxygens (including phenoxy) is 6. The summed E-state index contributed by atoms with van der Waals surface area (Å²) in [4.78, 5) is 0. The van der Waals surface area contributed by atoms with Gasteiger partial charge in [-0.2, -0.15) is 52.7 Å². The van der Waals surface area contributed by atoms with Gasteiger partial charge < -0.3 is 28.4 Å². The zero-order valence-corrected chi connectivity index (χ0v) is 70.3. The molecule has 0 saturated carbocycles. The first-order chi connectivity index (χ1) is 55.6. The minimum absolute atomic E-state index is 0. The smallest absolute Gasteiger partial charge is 0.461 e. The fraction of sp³-hybridized carbons (Fsp3) is 0.386. The van der Waals surface area contributed by atoms with Crippen molar-refractivity contribution in [3.8, 4) is 34.5 Å². The summed E-state index contributed by atoms with van der Waals surface area (Å²) in [5.41, 5.74) is -3.09. The molecule has 0 amide bonds. The van der Waals surface area contributed by atoms with Crippen molar-refractivity contribution in [2.45, 2.75) is 217 Å². The molecule has 0 fully saturated rings. The van der Waals surface area contributed by atoms with Gasteiger partial charge in [0.2, 0.25) is 0 Å². The van der Waals surface area contributed by atoms with Crippen LogP contribution < -0.4 is 42.6 Å². The Morgan fingerprint density at radius 2 is 0.521 bits per heavy atom. The molecular weight excluding hydrogens is 1680 g/mol. The van der Waals surface area contributed by atoms with Crippen molar-refractivity contribution in [2.24, 2.45) is 0 Å². The van der Waals surface area contributed by atoms with E-state index >= 15 is 13.2 Å². The maximum atomic E-state index is 15.3. The lowest BCUT2D eigenvalue weighted by Gasteiger charge is -2.38. The predicted molar refractivity (Wildman–Crippen MR) is 433 cm³/mol. The Hall–Kier alpha value is -9.15. The molecule has 9 rings (SSSR count). The van der Waals surface area contributed by atoms with E-state index in [1.807, 2.05) is 0 Å². The average Bonchev–Trinajstić information content (AvgIpc) is 0.761. The Balaban J connectivity index is 0.000000280. The van der Waals surface area contributed by atoms with Gasteiger partial charge in [0.15, 0.2) is 34.7 Å². The maximum absolute atomic E-state index is 15.3. The summed E-state index contributed by atoms with van der Waals surface area (Å²) >= 11 is 0. The first kappa shape index (κ1) is 101. The summed E-state index contributed by atoms with van der Waals surface area (Å²) in [5.74, 6) is -8.44. The van der Waals surface area contributed by atoms with E-state index in [1.54, 1.807) is 195 Å². The molecule has 0 heterocycles. The van der Waals surface area contributed by atoms with Gasteiger partial charge >= 0.3 is 37.6 Å². The molecule has 0 saturated heterocycles. The molecule has 12 nitrogen and oxygen atoms in total. The second-order valence-electron chi connectivity index (χ2n) is 31.5. The van der Waals surface area contributed by atoms with Gasteiger partial charge in [0.25, 0.3) is 0 Å². The minimum Gasteiger partial charge on any atom is -0.488 e. The molecule has 0 bridgehead atoms. The van der Waals surface area contributed by atoms with Gasteiger partial charge in [-0.05, 0) is 246 Å². The first-order valence-corrected chi connectivity index (χ1v) is 40.6. The van der Waals surface area contributed by atoms with Gasteiger partial charge in [-0.25, -0.2) is 53.1 Å². The SMILES string of the molecule is C.CC(C)Oc1ccc(C(Cc2ccccc2)(N[S@](=O)C(C)(C)C)c2cc(F)cc(OC(F)(F)C(F)F)c2)cc1F.CC(C)Oc1ccc([C@@](Cc2ccccc2)(N[S@](=O)C(C)(C)C)c2cc(F)cc(OC(F)(F)C(F)F)c2)cc1F.CC(C)Oc1ccc([C@](Cc2ccccc2)(N[S@](=O)C(C)(C)C)c2cc(F)cc(OC(F)(F)C(F)F)c2)cc1F. The molecule has 0 spiro atoms. The van der Waals surface area contributed by atoms with E-state index in [-0.39, 0.29) is 95.6 Å². The topological polar surface area (TPSA) is 143 Å². The number of nitrogens with one attached hydrogen (secondary N) is 3. The molecule has 6 atom stereocenters. The monoisotopic (exact) mass is 1780 g/mol. The van der Waals surface area contributed by atoms with E-state index in [4.69, 9.17) is 14.2 Å². The van der Waals surface area contributed by atoms with Crippen molar-refractivity contribution in [3.05, 3.63) is 285 Å². The third kappa shape index (κ3) is 27.4. The highest BCUT2D eigenvalue weighted by molar-refractivity contribution is 7.85. The number of benzene rings is 9. The fourth-order valence-electron chi connectivity index (χ4n) is 11.8. The molecule has 1 unspecified atom stereocenters. The molecule has 33 heteroatoms. The van der Waals surface area contributed by atoms with Crippen LogP contribution in [0.15, 0.2) is 200 Å². The highest BCUT2D eigenvalue weighted by Crippen LogP contribution is 2.45. The molecule has 3 N–H and O–H groups in total. The normalized spacial score (nSPS) is 14.6. The van der Waals surface area contributed by atoms with Crippen LogP contribution in [0, 0.1) is 34.9 Å². The Bertz CT molecular complexity index is 4480. The number of halogens is 18. The van der Waals surface area contributed by atoms with Crippen molar-refractivity contribution in [3.63, 3.8) is 0 Å². The van der Waals surface area contributed by atoms with E-state index in [2.05, 4.69) is 28.4 Å². The highest BCUT2D eigenvalue weighted by Gasteiger charge is 2.49. The minimum atomic E-state index is -4.91. The van der Waals surface area contributed by atoms with Crippen LogP contribution in [0.1, 0.15) is 161 Å². The number of hydrogen-bond acceptors (Lipinski definition) is 9. The van der Waals surface area contributed by atoms with Gasteiger partial charge in [0.05, 0.1) is 82.1 Å². The second-order valence-corrected chi connectivity index (χ2v) is 37.4. The summed E-state index contributed by atoms with van der Waals surface area (Å²) in [6, 6.07) is 45.2. The molecule has 0 radical (unpaired) electrons. The zero-order valence-electron chi connectivity index (χ0n) is 67.8. The first-order valence-electron chi connectivity index (χ1n) is 37.2. The van der Waals surface area contributed by atoms with Gasteiger partial charge in [0.1, 0.15) is 34.7 Å². The van der Waals surface area contributed by atoms with Crippen LogP contribution in [0.5, 0.6) is 34.5 Å². The van der Waals surface area contributed by atoms with Crippen molar-refractivity contribution in [1.29, 1.82) is 0 Å². The van der Waals surface area contributed by atoms with E-state index in [1.165, 1.54) is 36.4 Å². The van der Waals surface area contributed by atoms with Crippen LogP contribution in [-0.4, -0.2) is 82.8 Å². The van der Waals surface area contributed by atoms with Crippen LogP contribution in [0.4, 0.5) is 79.0 Å². The third-order valence-electron chi connectivity index (χ3n) is 17.4. The lowest BCUT2D eigenvalue weighted by Crippen LogP contribution is -2.50. The fourth-order valence-corrected chi connectivity index (χ4v) is 14.6. The largest absolute Gasteiger partial charge is 0.488 e. The van der Waals surface area contributed by atoms with Crippen molar-refractivity contribution < 1.29 is 120 Å². The maximum Gasteiger partial charge on any atom is 0.461 e. The molecule has 0 aliphatic carbocycles. The van der Waals surface area contributed by atoms with Crippen molar-refractivity contribution >= 4 is 33.0 Å². The van der Waals surface area contributed by atoms with Crippen LogP contribution in [0.25, 0.3) is 0 Å². The van der Waals surface area contributed by atoms with E-state index in [0.29, 0.717) is 34.9 Å². The van der Waals surface area contributed by atoms with E-state index < -0.39 is 154 Å². The molecule has 0 aliphatic heterocycles. The third-order valence-corrected chi connectivity index (χ3v) is 22.3. The number of hydrogen-bond donors (Lipinski definition) is 3. The quantitative estimate of drug-likeness (QED) is 0.0343. The predicted octanol–water partition coefficient (Wildman–Crippen LogP) is 23.2.